The van der Waals surface area contributed by atoms with Crippen LogP contribution in [0.3, 0.4) is 0 Å². The molecule has 0 spiro atoms. The number of nitrogens with one attached hydrogen (secondary N) is 2. The van der Waals surface area contributed by atoms with Crippen LogP contribution in [0.4, 0.5) is 5.69 Å². The van der Waals surface area contributed by atoms with E-state index >= 15 is 0 Å². The van der Waals surface area contributed by atoms with Crippen LogP contribution >= 0.6 is 0 Å². The van der Waals surface area contributed by atoms with Crippen molar-refractivity contribution >= 4 is 17.3 Å². The maximum Gasteiger partial charge on any atom is 0.251 e. The van der Waals surface area contributed by atoms with Gasteiger partial charge in [-0.2, -0.15) is 0 Å². The number of nitrogens with two attached hydrogens (primary N) is 2. The Morgan fingerprint density at radius 3 is 2.61 bits per heavy atom. The van der Waals surface area contributed by atoms with E-state index in [2.05, 4.69) is 59.3 Å². The first-order valence-corrected chi connectivity index (χ1v) is 15.4. The highest BCUT2D eigenvalue weighted by Gasteiger charge is 2.26. The highest BCUT2D eigenvalue weighted by molar-refractivity contribution is 6.05. The van der Waals surface area contributed by atoms with Gasteiger partial charge in [-0.05, 0) is 48.7 Å². The van der Waals surface area contributed by atoms with Crippen molar-refractivity contribution in [3.63, 3.8) is 0 Å². The number of nitrogens with zero attached hydrogens (tertiary/aromatic N) is 4. The summed E-state index contributed by atoms with van der Waals surface area (Å²) in [5.74, 6) is 6.95. The normalized spacial score (nSPS) is 18.4. The van der Waals surface area contributed by atoms with E-state index in [9.17, 15) is 4.79 Å². The van der Waals surface area contributed by atoms with Gasteiger partial charge >= 0.3 is 0 Å². The zero-order valence-corrected chi connectivity index (χ0v) is 27.2. The number of rotatable bonds is 11. The Morgan fingerprint density at radius 1 is 1.20 bits per heavy atom. The molecule has 1 aromatic heterocycles. The van der Waals surface area contributed by atoms with Crippen molar-refractivity contribution in [1.29, 1.82) is 0 Å². The molecule has 10 heteroatoms. The number of anilines is 1. The second kappa shape index (κ2) is 14.9. The van der Waals surface area contributed by atoms with Gasteiger partial charge in [-0.25, -0.2) is 5.84 Å². The summed E-state index contributed by atoms with van der Waals surface area (Å²) in [4.78, 5) is 22.7. The molecular formula is C34H50N8O2. The van der Waals surface area contributed by atoms with E-state index in [4.69, 9.17) is 16.3 Å². The summed E-state index contributed by atoms with van der Waals surface area (Å²) in [6.45, 7) is 15.5. The standard InChI is InChI=1S/C34H50N8O2/c1-24-9-10-25(19-31(24)42(36)23-29(35)26-8-7-11-37-21-26)33(43)39-30-20-28(34(2,3)4)18-27(32(30)44-6)22-38-12-13-41-16-14-40(5)15-17-41/h7-11,18,20-21,23,31,38H,12-17,19,22,35-36H2,1-6H3,(H,39,43)/b29-23-. The summed E-state index contributed by atoms with van der Waals surface area (Å²) < 4.78 is 5.90. The molecule has 1 amide bonds. The van der Waals surface area contributed by atoms with Crippen molar-refractivity contribution in [3.05, 3.63) is 82.8 Å². The maximum absolute atomic E-state index is 13.7. The van der Waals surface area contributed by atoms with Crippen molar-refractivity contribution in [2.24, 2.45) is 11.6 Å². The third-order valence-electron chi connectivity index (χ3n) is 8.42. The SMILES string of the molecule is COc1c(CNCCN2CCN(C)CC2)cc(C(C)(C)C)cc1NC(=O)C1=CC=C(C)C(N(N)/C=C(\N)c2cccnc2)C1. The van der Waals surface area contributed by atoms with Crippen LogP contribution in [0.5, 0.6) is 5.75 Å². The smallest absolute Gasteiger partial charge is 0.251 e. The molecule has 1 fully saturated rings. The van der Waals surface area contributed by atoms with Crippen molar-refractivity contribution in [2.75, 3.05) is 58.7 Å². The zero-order valence-electron chi connectivity index (χ0n) is 27.2. The second-order valence-electron chi connectivity index (χ2n) is 12.8. The Hall–Kier alpha value is -3.70. The van der Waals surface area contributed by atoms with Crippen LogP contribution in [0.25, 0.3) is 5.70 Å². The molecule has 1 unspecified atom stereocenters. The van der Waals surface area contributed by atoms with Crippen LogP contribution in [0.15, 0.2) is 66.2 Å². The summed E-state index contributed by atoms with van der Waals surface area (Å²) in [6.07, 6.45) is 9.32. The van der Waals surface area contributed by atoms with Crippen LogP contribution in [0, 0.1) is 0 Å². The summed E-state index contributed by atoms with van der Waals surface area (Å²) in [7, 11) is 3.83. The number of ether oxygens (including phenoxy) is 1. The molecule has 1 atom stereocenters. The van der Waals surface area contributed by atoms with Gasteiger partial charge in [0.05, 0.1) is 24.5 Å². The largest absolute Gasteiger partial charge is 0.494 e. The van der Waals surface area contributed by atoms with Crippen LogP contribution in [-0.2, 0) is 16.8 Å². The minimum atomic E-state index is -0.223. The number of benzene rings is 1. The van der Waals surface area contributed by atoms with Gasteiger partial charge in [0.15, 0.2) is 0 Å². The molecular weight excluding hydrogens is 552 g/mol. The number of hydrogen-bond acceptors (Lipinski definition) is 9. The quantitative estimate of drug-likeness (QED) is 0.174. The van der Waals surface area contributed by atoms with Crippen LogP contribution in [0.2, 0.25) is 0 Å². The van der Waals surface area contributed by atoms with Crippen molar-refractivity contribution in [1.82, 2.24) is 25.1 Å². The fourth-order valence-corrected chi connectivity index (χ4v) is 5.47. The molecule has 2 heterocycles. The van der Waals surface area contributed by atoms with Gasteiger partial charge < -0.3 is 31.0 Å². The van der Waals surface area contributed by atoms with Crippen LogP contribution in [-0.4, -0.2) is 85.2 Å². The Kier molecular flexibility index (Phi) is 11.2. The van der Waals surface area contributed by atoms with Crippen molar-refractivity contribution < 1.29 is 9.53 Å². The lowest BCUT2D eigenvalue weighted by atomic mass is 9.85. The number of carbonyl (C=O) groups is 1. The van der Waals surface area contributed by atoms with Gasteiger partial charge in [-0.3, -0.25) is 14.7 Å². The second-order valence-corrected chi connectivity index (χ2v) is 12.8. The molecule has 0 bridgehead atoms. The molecule has 0 radical (unpaired) electrons. The topological polar surface area (TPSA) is 125 Å². The maximum atomic E-state index is 13.7. The number of allylic oxidation sites excluding steroid dienone is 2. The van der Waals surface area contributed by atoms with E-state index in [1.807, 2.05) is 37.3 Å². The first kappa shape index (κ1) is 33.2. The minimum Gasteiger partial charge on any atom is -0.494 e. The summed E-state index contributed by atoms with van der Waals surface area (Å²) in [5, 5.41) is 8.33. The Morgan fingerprint density at radius 2 is 1.95 bits per heavy atom. The first-order valence-electron chi connectivity index (χ1n) is 15.4. The van der Waals surface area contributed by atoms with E-state index in [1.165, 1.54) is 0 Å². The third-order valence-corrected chi connectivity index (χ3v) is 8.42. The predicted octanol–water partition coefficient (Wildman–Crippen LogP) is 3.44. The minimum absolute atomic E-state index is 0.115. The van der Waals surface area contributed by atoms with E-state index in [-0.39, 0.29) is 17.4 Å². The number of methoxy groups -OCH3 is 1. The number of likely N-dealkylation sites (N-methyl/N-ethyl adjacent to an activating group) is 1. The Bertz CT molecular complexity index is 1370. The molecule has 4 rings (SSSR count). The first-order chi connectivity index (χ1) is 21.0. The van der Waals surface area contributed by atoms with Gasteiger partial charge in [0.25, 0.3) is 5.91 Å². The molecule has 1 aromatic carbocycles. The summed E-state index contributed by atoms with van der Waals surface area (Å²) >= 11 is 0. The molecule has 0 saturated carbocycles. The average Bonchev–Trinajstić information content (AvgIpc) is 3.00. The lowest BCUT2D eigenvalue weighted by Crippen LogP contribution is -2.46. The average molecular weight is 603 g/mol. The van der Waals surface area contributed by atoms with Gasteiger partial charge in [0, 0.05) is 87.5 Å². The molecule has 1 aliphatic heterocycles. The third kappa shape index (κ3) is 8.69. The lowest BCUT2D eigenvalue weighted by molar-refractivity contribution is -0.113. The highest BCUT2D eigenvalue weighted by atomic mass is 16.5. The number of piperazine rings is 1. The number of amides is 1. The molecule has 1 saturated heterocycles. The highest BCUT2D eigenvalue weighted by Crippen LogP contribution is 2.36. The summed E-state index contributed by atoms with van der Waals surface area (Å²) in [5.41, 5.74) is 11.9. The van der Waals surface area contributed by atoms with E-state index in [1.54, 1.807) is 30.7 Å². The predicted molar refractivity (Wildman–Crippen MR) is 179 cm³/mol. The molecule has 6 N–H and O–H groups in total. The van der Waals surface area contributed by atoms with Gasteiger partial charge in [-0.1, -0.05) is 39.0 Å². The number of carbonyl (C=O) groups excluding carboxylic acids is 1. The van der Waals surface area contributed by atoms with Gasteiger partial charge in [-0.15, -0.1) is 0 Å². The Labute approximate surface area is 262 Å². The van der Waals surface area contributed by atoms with Crippen molar-refractivity contribution in [3.8, 4) is 5.75 Å². The molecule has 1 aliphatic carbocycles. The molecule has 238 valence electrons. The lowest BCUT2D eigenvalue weighted by Gasteiger charge is -2.32. The molecule has 44 heavy (non-hydrogen) atoms. The molecule has 2 aliphatic rings. The van der Waals surface area contributed by atoms with E-state index < -0.39 is 0 Å². The van der Waals surface area contributed by atoms with Crippen molar-refractivity contribution in [2.45, 2.75) is 52.1 Å². The fraction of sp³-hybridized carbons (Fsp3) is 0.471. The van der Waals surface area contributed by atoms with Crippen LogP contribution in [0.1, 0.15) is 50.8 Å². The van der Waals surface area contributed by atoms with E-state index in [0.29, 0.717) is 35.7 Å². The number of hydrazine groups is 1. The van der Waals surface area contributed by atoms with Gasteiger partial charge in [0.1, 0.15) is 5.75 Å². The zero-order chi connectivity index (χ0) is 31.9. The number of pyridine rings is 1. The number of hydrogen-bond donors (Lipinski definition) is 4. The molecule has 10 nitrogen and oxygen atoms in total. The van der Waals surface area contributed by atoms with E-state index in [0.717, 1.165) is 61.5 Å². The fourth-order valence-electron chi connectivity index (χ4n) is 5.47. The van der Waals surface area contributed by atoms with Gasteiger partial charge in [0.2, 0.25) is 0 Å². The molecule has 2 aromatic rings. The number of aromatic nitrogens is 1. The Balaban J connectivity index is 1.47. The monoisotopic (exact) mass is 602 g/mol. The van der Waals surface area contributed by atoms with Crippen LogP contribution < -0.4 is 26.9 Å². The summed E-state index contributed by atoms with van der Waals surface area (Å²) in [6, 6.07) is 7.70.